The number of anilines is 2. The molecule has 3 atom stereocenters. The predicted molar refractivity (Wildman–Crippen MR) is 187 cm³/mol. The van der Waals surface area contributed by atoms with Crippen molar-refractivity contribution >= 4 is 52.2 Å². The van der Waals surface area contributed by atoms with Crippen LogP contribution in [0, 0.1) is 12.8 Å². The van der Waals surface area contributed by atoms with Crippen LogP contribution >= 0.6 is 22.9 Å². The van der Waals surface area contributed by atoms with Crippen LogP contribution in [0.1, 0.15) is 55.2 Å². The van der Waals surface area contributed by atoms with Crippen LogP contribution in [0.15, 0.2) is 22.9 Å². The van der Waals surface area contributed by atoms with Crippen LogP contribution in [0.4, 0.5) is 16.2 Å². The minimum Gasteiger partial charge on any atom is -0.397 e. The largest absolute Gasteiger partial charge is 0.397 e. The monoisotopic (exact) mass is 681 g/mol. The van der Waals surface area contributed by atoms with E-state index in [0.717, 1.165) is 75.1 Å². The van der Waals surface area contributed by atoms with Crippen molar-refractivity contribution in [2.24, 2.45) is 5.92 Å². The molecule has 10 nitrogen and oxygen atoms in total. The number of hydrogen-bond acceptors (Lipinski definition) is 7. The minimum atomic E-state index is -0.470. The van der Waals surface area contributed by atoms with Gasteiger partial charge in [-0.25, -0.2) is 4.79 Å². The van der Waals surface area contributed by atoms with Gasteiger partial charge in [0, 0.05) is 81.8 Å². The number of benzene rings is 1. The van der Waals surface area contributed by atoms with Crippen molar-refractivity contribution in [3.63, 3.8) is 0 Å². The van der Waals surface area contributed by atoms with E-state index in [9.17, 15) is 14.4 Å². The Hall–Kier alpha value is -2.86. The average molecular weight is 682 g/mol. The maximum Gasteiger partial charge on any atom is 0.322 e. The van der Waals surface area contributed by atoms with E-state index in [4.69, 9.17) is 17.3 Å². The third-order valence-electron chi connectivity index (χ3n) is 11.6. The van der Waals surface area contributed by atoms with Crippen molar-refractivity contribution in [3.05, 3.63) is 44.6 Å². The Kier molecular flexibility index (Phi) is 9.43. The maximum atomic E-state index is 14.2. The Labute approximate surface area is 287 Å². The number of hydrogen-bond donors (Lipinski definition) is 2. The fourth-order valence-electron chi connectivity index (χ4n) is 8.77. The van der Waals surface area contributed by atoms with Gasteiger partial charge in [-0.15, -0.1) is 11.3 Å². The maximum absolute atomic E-state index is 14.2. The third-order valence-corrected chi connectivity index (χ3v) is 12.7. The molecule has 254 valence electrons. The quantitative estimate of drug-likeness (QED) is 0.423. The summed E-state index contributed by atoms with van der Waals surface area (Å²) in [6.45, 7) is 7.53. The standard InChI is InChI=1S/C35H48ClN7O3S/c1-22-13-23(15-30(36)33(22)37)14-25(34(45)41-10-6-27(7-11-41)43-19-28-17-29(43)18-39(28)2)16-32(44)40-8-4-26(5-9-40)42-12-3-24-20-47-21-31(24)38-35(42)46/h13,15,20-21,25-29H,3-12,14,16-19,37H2,1-2H3,(H,38,46)/t25-,28?,29?/m0/s1. The zero-order valence-corrected chi connectivity index (χ0v) is 29.2. The summed E-state index contributed by atoms with van der Waals surface area (Å²) in [4.78, 5) is 52.1. The number of likely N-dealkylation sites (N-methyl/N-ethyl adjacent to an activating group) is 1. The summed E-state index contributed by atoms with van der Waals surface area (Å²) in [6, 6.07) is 5.73. The van der Waals surface area contributed by atoms with Crippen LogP contribution in [0.3, 0.4) is 0 Å². The number of rotatable bonds is 7. The zero-order valence-electron chi connectivity index (χ0n) is 27.6. The molecule has 6 heterocycles. The van der Waals surface area contributed by atoms with Gasteiger partial charge in [-0.3, -0.25) is 14.5 Å². The number of nitrogens with two attached hydrogens (primary N) is 1. The molecule has 12 heteroatoms. The summed E-state index contributed by atoms with van der Waals surface area (Å²) in [7, 11) is 2.23. The molecule has 4 fully saturated rings. The first-order chi connectivity index (χ1) is 22.6. The molecule has 2 bridgehead atoms. The van der Waals surface area contributed by atoms with Crippen LogP contribution in [-0.2, 0) is 22.4 Å². The molecule has 1 aromatic heterocycles. The molecule has 0 radical (unpaired) electrons. The van der Waals surface area contributed by atoms with Gasteiger partial charge in [-0.05, 0) is 87.1 Å². The number of aryl methyl sites for hydroxylation is 1. The Morgan fingerprint density at radius 2 is 1.70 bits per heavy atom. The Balaban J connectivity index is 0.983. The van der Waals surface area contributed by atoms with E-state index in [0.29, 0.717) is 54.9 Å². The number of likely N-dealkylation sites (tertiary alicyclic amines) is 4. The molecule has 0 saturated carbocycles. The smallest absolute Gasteiger partial charge is 0.322 e. The highest BCUT2D eigenvalue weighted by molar-refractivity contribution is 7.08. The second-order valence-electron chi connectivity index (χ2n) is 14.4. The normalized spacial score (nSPS) is 25.2. The van der Waals surface area contributed by atoms with E-state index >= 15 is 0 Å². The number of amides is 4. The average Bonchev–Trinajstić information content (AvgIpc) is 3.77. The molecular formula is C35H48ClN7O3S. The lowest BCUT2D eigenvalue weighted by Crippen LogP contribution is -2.54. The molecular weight excluding hydrogens is 634 g/mol. The molecule has 0 spiro atoms. The zero-order chi connectivity index (χ0) is 32.8. The molecule has 1 aromatic carbocycles. The van der Waals surface area contributed by atoms with Gasteiger partial charge in [0.15, 0.2) is 0 Å². The number of urea groups is 1. The molecule has 7 rings (SSSR count). The molecule has 2 aromatic rings. The molecule has 5 aliphatic rings. The van der Waals surface area contributed by atoms with Gasteiger partial charge in [0.25, 0.3) is 0 Å². The third kappa shape index (κ3) is 6.73. The Morgan fingerprint density at radius 3 is 2.38 bits per heavy atom. The molecule has 4 amide bonds. The van der Waals surface area contributed by atoms with Gasteiger partial charge in [0.2, 0.25) is 11.8 Å². The van der Waals surface area contributed by atoms with Crippen molar-refractivity contribution in [2.45, 2.75) is 82.5 Å². The lowest BCUT2D eigenvalue weighted by atomic mass is 9.91. The van der Waals surface area contributed by atoms with Crippen LogP contribution in [-0.4, -0.2) is 119 Å². The van der Waals surface area contributed by atoms with Crippen LogP contribution in [0.5, 0.6) is 0 Å². The number of carbonyl (C=O) groups excluding carboxylic acids is 3. The van der Waals surface area contributed by atoms with Gasteiger partial charge in [0.1, 0.15) is 0 Å². The van der Waals surface area contributed by atoms with E-state index in [1.807, 2.05) is 39.1 Å². The summed E-state index contributed by atoms with van der Waals surface area (Å²) >= 11 is 8.07. The summed E-state index contributed by atoms with van der Waals surface area (Å²) < 4.78 is 0. The summed E-state index contributed by atoms with van der Waals surface area (Å²) in [6.07, 6.45) is 6.15. The van der Waals surface area contributed by atoms with E-state index in [-0.39, 0.29) is 30.3 Å². The summed E-state index contributed by atoms with van der Waals surface area (Å²) in [5, 5.41) is 7.65. The van der Waals surface area contributed by atoms with E-state index < -0.39 is 5.92 Å². The highest BCUT2D eigenvalue weighted by Gasteiger charge is 2.45. The van der Waals surface area contributed by atoms with Gasteiger partial charge in [-0.2, -0.15) is 0 Å². The first-order valence-electron chi connectivity index (χ1n) is 17.3. The fourth-order valence-corrected chi connectivity index (χ4v) is 9.88. The minimum absolute atomic E-state index is 0.00866. The van der Waals surface area contributed by atoms with E-state index in [1.165, 1.54) is 12.0 Å². The highest BCUT2D eigenvalue weighted by atomic mass is 35.5. The number of carbonyl (C=O) groups is 3. The van der Waals surface area contributed by atoms with E-state index in [2.05, 4.69) is 27.5 Å². The molecule has 2 unspecified atom stereocenters. The van der Waals surface area contributed by atoms with Gasteiger partial charge in [-0.1, -0.05) is 17.7 Å². The molecule has 4 saturated heterocycles. The number of thiophene rings is 1. The van der Waals surface area contributed by atoms with Crippen molar-refractivity contribution in [3.8, 4) is 0 Å². The summed E-state index contributed by atoms with van der Waals surface area (Å²) in [5.41, 5.74) is 10.6. The number of nitrogens with one attached hydrogen (secondary N) is 1. The first kappa shape index (κ1) is 32.7. The van der Waals surface area contributed by atoms with Gasteiger partial charge in [0.05, 0.1) is 22.3 Å². The predicted octanol–water partition coefficient (Wildman–Crippen LogP) is 4.30. The number of fused-ring (bicyclic) bond motifs is 3. The van der Waals surface area contributed by atoms with Gasteiger partial charge >= 0.3 is 6.03 Å². The first-order valence-corrected chi connectivity index (χ1v) is 18.7. The number of halogens is 1. The van der Waals surface area contributed by atoms with Crippen molar-refractivity contribution in [1.29, 1.82) is 0 Å². The fraction of sp³-hybridized carbons (Fsp3) is 0.629. The molecule has 47 heavy (non-hydrogen) atoms. The number of piperidine rings is 2. The van der Waals surface area contributed by atoms with Crippen molar-refractivity contribution in [1.82, 2.24) is 24.5 Å². The second kappa shape index (κ2) is 13.6. The highest BCUT2D eigenvalue weighted by Crippen LogP contribution is 2.35. The Bertz CT molecular complexity index is 1480. The summed E-state index contributed by atoms with van der Waals surface area (Å²) in [5.74, 6) is -0.398. The van der Waals surface area contributed by atoms with Gasteiger partial charge < -0.3 is 30.7 Å². The number of nitrogen functional groups attached to an aromatic ring is 1. The lowest BCUT2D eigenvalue weighted by Gasteiger charge is -2.42. The number of nitrogens with zero attached hydrogens (tertiary/aromatic N) is 5. The van der Waals surface area contributed by atoms with Crippen molar-refractivity contribution < 1.29 is 14.4 Å². The van der Waals surface area contributed by atoms with E-state index in [1.54, 1.807) is 11.3 Å². The Morgan fingerprint density at radius 1 is 0.979 bits per heavy atom. The number of piperazine rings is 1. The SMILES string of the molecule is Cc1cc(C[C@@H](CC(=O)N2CCC(N3CCc4cscc4NC3=O)CC2)C(=O)N2CCC(N3CC4CC3CN4C)CC2)cc(Cl)c1N. The van der Waals surface area contributed by atoms with Crippen LogP contribution in [0.2, 0.25) is 5.02 Å². The molecule has 5 aliphatic heterocycles. The molecule has 3 N–H and O–H groups in total. The molecule has 0 aliphatic carbocycles. The second-order valence-corrected chi connectivity index (χ2v) is 15.6. The lowest BCUT2D eigenvalue weighted by molar-refractivity contribution is -0.143. The van der Waals surface area contributed by atoms with Crippen molar-refractivity contribution in [2.75, 3.05) is 63.9 Å². The van der Waals surface area contributed by atoms with Crippen LogP contribution in [0.25, 0.3) is 0 Å². The van der Waals surface area contributed by atoms with Crippen LogP contribution < -0.4 is 11.1 Å². The topological polar surface area (TPSA) is 105 Å².